The number of carbonyl (C=O) groups is 2. The van der Waals surface area contributed by atoms with Gasteiger partial charge in [0, 0.05) is 48.8 Å². The van der Waals surface area contributed by atoms with Crippen molar-refractivity contribution >= 4 is 35.1 Å². The number of nitrogens with one attached hydrogen (secondary N) is 1. The van der Waals surface area contributed by atoms with Crippen molar-refractivity contribution in [3.8, 4) is 0 Å². The van der Waals surface area contributed by atoms with Crippen molar-refractivity contribution in [1.29, 1.82) is 0 Å². The molecule has 4 rings (SSSR count). The van der Waals surface area contributed by atoms with E-state index in [0.29, 0.717) is 38.0 Å². The van der Waals surface area contributed by atoms with E-state index in [0.717, 1.165) is 22.6 Å². The predicted molar refractivity (Wildman–Crippen MR) is 125 cm³/mol. The van der Waals surface area contributed by atoms with Crippen LogP contribution in [0, 0.1) is 24.0 Å². The average molecular weight is 455 g/mol. The topological polar surface area (TPSA) is 95.8 Å². The van der Waals surface area contributed by atoms with Gasteiger partial charge in [0.05, 0.1) is 9.79 Å². The fraction of sp³-hybridized carbons (Fsp3) is 0.391. The molecule has 2 fully saturated rings. The molecule has 0 saturated carbocycles. The Morgan fingerprint density at radius 3 is 2.53 bits per heavy atom. The monoisotopic (exact) mass is 454 g/mol. The predicted octanol–water partition coefficient (Wildman–Crippen LogP) is 4.42. The molecule has 8 nitrogen and oxygen atoms in total. The molecular weight excluding hydrogens is 428 g/mol. The summed E-state index contributed by atoms with van der Waals surface area (Å²) in [5, 5.41) is 14.1. The number of hydrogen-bond donors (Lipinski definition) is 1. The van der Waals surface area contributed by atoms with Crippen LogP contribution in [0.15, 0.2) is 42.5 Å². The first-order valence-electron chi connectivity index (χ1n) is 10.6. The van der Waals surface area contributed by atoms with E-state index in [1.165, 1.54) is 12.1 Å². The highest BCUT2D eigenvalue weighted by molar-refractivity contribution is 8.00. The van der Waals surface area contributed by atoms with E-state index in [9.17, 15) is 19.7 Å². The van der Waals surface area contributed by atoms with Crippen molar-refractivity contribution < 1.29 is 14.5 Å². The summed E-state index contributed by atoms with van der Waals surface area (Å²) < 4.78 is 0. The highest BCUT2D eigenvalue weighted by atomic mass is 32.2. The van der Waals surface area contributed by atoms with Crippen LogP contribution in [0.1, 0.15) is 34.3 Å². The molecule has 9 heteroatoms. The van der Waals surface area contributed by atoms with Crippen LogP contribution in [0.4, 0.5) is 16.2 Å². The lowest BCUT2D eigenvalue weighted by Crippen LogP contribution is -2.54. The summed E-state index contributed by atoms with van der Waals surface area (Å²) in [6.07, 6.45) is 1.33. The van der Waals surface area contributed by atoms with Gasteiger partial charge in [-0.15, -0.1) is 11.8 Å². The second-order valence-electron chi connectivity index (χ2n) is 8.22. The van der Waals surface area contributed by atoms with Crippen LogP contribution >= 0.6 is 11.8 Å². The number of hydrogen-bond acceptors (Lipinski definition) is 5. The summed E-state index contributed by atoms with van der Waals surface area (Å²) in [6, 6.07) is 11.6. The average Bonchev–Trinajstić information content (AvgIpc) is 3.19. The van der Waals surface area contributed by atoms with Crippen molar-refractivity contribution in [2.24, 2.45) is 0 Å². The third-order valence-electron chi connectivity index (χ3n) is 6.40. The fourth-order valence-corrected chi connectivity index (χ4v) is 5.81. The summed E-state index contributed by atoms with van der Waals surface area (Å²) in [5.41, 5.74) is 3.23. The molecule has 2 saturated heterocycles. The maximum Gasteiger partial charge on any atom is 0.321 e. The van der Waals surface area contributed by atoms with E-state index in [4.69, 9.17) is 0 Å². The molecule has 0 bridgehead atoms. The second kappa shape index (κ2) is 8.82. The first-order valence-corrected chi connectivity index (χ1v) is 11.6. The number of benzene rings is 2. The minimum absolute atomic E-state index is 0.0883. The quantitative estimate of drug-likeness (QED) is 0.547. The molecule has 3 amide bonds. The summed E-state index contributed by atoms with van der Waals surface area (Å²) in [5.74, 6) is 0.627. The highest BCUT2D eigenvalue weighted by Gasteiger charge is 2.47. The number of aryl methyl sites for hydroxylation is 1. The molecule has 0 radical (unpaired) electrons. The van der Waals surface area contributed by atoms with Crippen molar-refractivity contribution in [2.75, 3.05) is 30.7 Å². The molecule has 2 aromatic rings. The van der Waals surface area contributed by atoms with Crippen LogP contribution in [0.3, 0.4) is 0 Å². The van der Waals surface area contributed by atoms with E-state index in [1.807, 2.05) is 36.9 Å². The Morgan fingerprint density at radius 2 is 1.81 bits per heavy atom. The molecule has 0 atom stereocenters. The summed E-state index contributed by atoms with van der Waals surface area (Å²) >= 11 is 1.74. The molecule has 1 spiro atoms. The third-order valence-corrected chi connectivity index (χ3v) is 7.96. The maximum atomic E-state index is 13.2. The Labute approximate surface area is 191 Å². The van der Waals surface area contributed by atoms with Crippen molar-refractivity contribution in [1.82, 2.24) is 9.80 Å². The van der Waals surface area contributed by atoms with Crippen molar-refractivity contribution in [2.45, 2.75) is 31.6 Å². The molecule has 2 aromatic carbocycles. The van der Waals surface area contributed by atoms with Gasteiger partial charge in [0.2, 0.25) is 0 Å². The summed E-state index contributed by atoms with van der Waals surface area (Å²) in [6.45, 7) is 5.69. The van der Waals surface area contributed by atoms with Crippen LogP contribution in [0.5, 0.6) is 0 Å². The largest absolute Gasteiger partial charge is 0.324 e. The normalized spacial score (nSPS) is 17.4. The Kier molecular flexibility index (Phi) is 6.10. The molecular formula is C23H26N4O4S. The van der Waals surface area contributed by atoms with E-state index in [-0.39, 0.29) is 22.5 Å². The number of carbonyl (C=O) groups excluding carboxylic acids is 2. The van der Waals surface area contributed by atoms with E-state index < -0.39 is 4.92 Å². The molecule has 2 aliphatic rings. The van der Waals surface area contributed by atoms with Crippen LogP contribution < -0.4 is 5.32 Å². The van der Waals surface area contributed by atoms with Crippen LogP contribution in [-0.2, 0) is 0 Å². The molecule has 0 aromatic heterocycles. The maximum absolute atomic E-state index is 13.2. The molecule has 168 valence electrons. The Bertz CT molecular complexity index is 1070. The highest BCUT2D eigenvalue weighted by Crippen LogP contribution is 2.44. The van der Waals surface area contributed by atoms with Gasteiger partial charge in [0.1, 0.15) is 0 Å². The minimum Gasteiger partial charge on any atom is -0.324 e. The summed E-state index contributed by atoms with van der Waals surface area (Å²) in [7, 11) is 0. The SMILES string of the molecule is Cc1cccc(NC(=O)N2CCC3(CC2)SCCN3C(=O)c2cccc([N+](=O)[O-])c2)c1C. The van der Waals surface area contributed by atoms with E-state index >= 15 is 0 Å². The zero-order valence-corrected chi connectivity index (χ0v) is 19.0. The molecule has 1 N–H and O–H groups in total. The van der Waals surface area contributed by atoms with Crippen LogP contribution in [-0.4, -0.2) is 56.9 Å². The number of anilines is 1. The van der Waals surface area contributed by atoms with Crippen LogP contribution in [0.2, 0.25) is 0 Å². The zero-order valence-electron chi connectivity index (χ0n) is 18.2. The van der Waals surface area contributed by atoms with Gasteiger partial charge >= 0.3 is 6.03 Å². The van der Waals surface area contributed by atoms with Gasteiger partial charge < -0.3 is 15.1 Å². The number of thioether (sulfide) groups is 1. The molecule has 2 aliphatic heterocycles. The number of amides is 3. The minimum atomic E-state index is -0.488. The number of nitro benzene ring substituents is 1. The number of nitro groups is 1. The fourth-order valence-electron chi connectivity index (χ4n) is 4.36. The first kappa shape index (κ1) is 22.1. The zero-order chi connectivity index (χ0) is 22.9. The van der Waals surface area contributed by atoms with Gasteiger partial charge in [-0.25, -0.2) is 4.79 Å². The number of non-ortho nitro benzene ring substituents is 1. The van der Waals surface area contributed by atoms with Gasteiger partial charge in [-0.2, -0.15) is 0 Å². The van der Waals surface area contributed by atoms with Gasteiger partial charge in [-0.1, -0.05) is 18.2 Å². The van der Waals surface area contributed by atoms with E-state index in [1.54, 1.807) is 28.8 Å². The standard InChI is InChI=1S/C23H26N4O4S/c1-16-5-3-8-20(17(16)2)24-22(29)25-11-9-23(10-12-25)26(13-14-32-23)21(28)18-6-4-7-19(15-18)27(30)31/h3-8,15H,9-14H2,1-2H3,(H,24,29). The Hall–Kier alpha value is -3.07. The third kappa shape index (κ3) is 4.17. The Balaban J connectivity index is 1.44. The second-order valence-corrected chi connectivity index (χ2v) is 9.68. The van der Waals surface area contributed by atoms with Crippen molar-refractivity contribution in [3.63, 3.8) is 0 Å². The molecule has 32 heavy (non-hydrogen) atoms. The number of rotatable bonds is 3. The van der Waals surface area contributed by atoms with E-state index in [2.05, 4.69) is 5.32 Å². The van der Waals surface area contributed by atoms with Gasteiger partial charge in [0.25, 0.3) is 11.6 Å². The van der Waals surface area contributed by atoms with Gasteiger partial charge in [-0.05, 0) is 49.9 Å². The van der Waals surface area contributed by atoms with Crippen LogP contribution in [0.25, 0.3) is 0 Å². The van der Waals surface area contributed by atoms with Crippen molar-refractivity contribution in [3.05, 3.63) is 69.3 Å². The number of nitrogens with zero attached hydrogens (tertiary/aromatic N) is 3. The first-order chi connectivity index (χ1) is 15.3. The Morgan fingerprint density at radius 1 is 1.09 bits per heavy atom. The lowest BCUT2D eigenvalue weighted by atomic mass is 10.0. The van der Waals surface area contributed by atoms with Gasteiger partial charge in [0.15, 0.2) is 0 Å². The smallest absolute Gasteiger partial charge is 0.321 e. The lowest BCUT2D eigenvalue weighted by molar-refractivity contribution is -0.384. The lowest BCUT2D eigenvalue weighted by Gasteiger charge is -2.44. The molecule has 0 unspecified atom stereocenters. The number of urea groups is 1. The molecule has 2 heterocycles. The summed E-state index contributed by atoms with van der Waals surface area (Å²) in [4.78, 5) is 39.9. The number of likely N-dealkylation sites (tertiary alicyclic amines) is 1. The number of piperidine rings is 1. The van der Waals surface area contributed by atoms with Gasteiger partial charge in [-0.3, -0.25) is 14.9 Å². The molecule has 0 aliphatic carbocycles.